The molecule has 4 rings (SSSR count). The normalized spacial score (nSPS) is 14.0. The molecule has 0 bridgehead atoms. The van der Waals surface area contributed by atoms with Gasteiger partial charge in [0.15, 0.2) is 0 Å². The second-order valence-electron chi connectivity index (χ2n) is 12.4. The van der Waals surface area contributed by atoms with E-state index in [1.807, 2.05) is 0 Å². The van der Waals surface area contributed by atoms with Crippen LogP contribution in [0.2, 0.25) is 0 Å². The number of carbonyl (C=O) groups excluding carboxylic acids is 4. The van der Waals surface area contributed by atoms with Crippen molar-refractivity contribution in [3.05, 3.63) is 95.6 Å². The molecule has 0 radical (unpaired) electrons. The van der Waals surface area contributed by atoms with Gasteiger partial charge in [0, 0.05) is 45.1 Å². The minimum atomic E-state index is -4.53. The number of anilines is 3. The van der Waals surface area contributed by atoms with E-state index in [-0.39, 0.29) is 12.2 Å². The molecule has 12 nitrogen and oxygen atoms in total. The van der Waals surface area contributed by atoms with Crippen molar-refractivity contribution in [1.82, 2.24) is 9.80 Å². The first kappa shape index (κ1) is 41.2. The van der Waals surface area contributed by atoms with Gasteiger partial charge in [-0.3, -0.25) is 24.6 Å². The Kier molecular flexibility index (Phi) is 15.3. The molecule has 1 unspecified atom stereocenters. The lowest BCUT2D eigenvalue weighted by atomic mass is 10.0. The fourth-order valence-corrected chi connectivity index (χ4v) is 5.02. The van der Waals surface area contributed by atoms with E-state index < -0.39 is 41.3 Å². The topological polar surface area (TPSA) is 150 Å². The van der Waals surface area contributed by atoms with E-state index in [2.05, 4.69) is 20.9 Å². The number of hydrogen-bond acceptors (Lipinski definition) is 8. The van der Waals surface area contributed by atoms with Crippen molar-refractivity contribution >= 4 is 47.5 Å². The third-order valence-electron chi connectivity index (χ3n) is 7.47. The van der Waals surface area contributed by atoms with Crippen molar-refractivity contribution in [2.24, 2.45) is 0 Å². The predicted molar refractivity (Wildman–Crippen MR) is 191 cm³/mol. The average Bonchev–Trinajstić information content (AvgIpc) is 3.10. The number of amides is 4. The first-order valence-corrected chi connectivity index (χ1v) is 16.3. The highest BCUT2D eigenvalue weighted by molar-refractivity contribution is 6.05. The van der Waals surface area contributed by atoms with E-state index in [9.17, 15) is 32.3 Å². The Morgan fingerprint density at radius 1 is 0.904 bits per heavy atom. The van der Waals surface area contributed by atoms with Crippen LogP contribution >= 0.6 is 0 Å². The van der Waals surface area contributed by atoms with E-state index >= 15 is 0 Å². The number of aliphatic hydroxyl groups is 1. The Hall–Kier alpha value is -5.25. The standard InChI is InChI=1S/C36H40F3N5O6.CH4O/c1-35(2,3)50-34(48)42-30-7-5-4-6-29(30)41-31(46)17-10-25-8-11-26(12-9-25)32(44(24-45)19-18-43-20-22-49-23-21-43)33(47)40-28-15-13-27(14-16-28)36(37,38)39;1-2/h4-17,24,32H,18-23H2,1-3H3,(H,40,47)(H,41,46)(H,42,48);2H,1H3/b17-10+;. The number of halogens is 3. The van der Waals surface area contributed by atoms with Crippen LogP contribution < -0.4 is 16.0 Å². The number of alkyl halides is 3. The quantitative estimate of drug-likeness (QED) is 0.136. The number of hydrogen-bond donors (Lipinski definition) is 4. The molecule has 1 saturated heterocycles. The molecule has 15 heteroatoms. The Labute approximate surface area is 300 Å². The van der Waals surface area contributed by atoms with Crippen LogP contribution in [0.25, 0.3) is 6.08 Å². The van der Waals surface area contributed by atoms with Crippen molar-refractivity contribution in [3.8, 4) is 0 Å². The van der Waals surface area contributed by atoms with Crippen LogP contribution in [-0.4, -0.2) is 91.3 Å². The number of nitrogens with one attached hydrogen (secondary N) is 3. The van der Waals surface area contributed by atoms with E-state index in [1.165, 1.54) is 11.0 Å². The lowest BCUT2D eigenvalue weighted by Crippen LogP contribution is -2.44. The van der Waals surface area contributed by atoms with Gasteiger partial charge in [-0.25, -0.2) is 4.79 Å². The predicted octanol–water partition coefficient (Wildman–Crippen LogP) is 5.78. The number of carbonyl (C=O) groups is 4. The zero-order valence-corrected chi connectivity index (χ0v) is 29.4. The van der Waals surface area contributed by atoms with Gasteiger partial charge in [0.25, 0.3) is 5.91 Å². The Bertz CT molecular complexity index is 1650. The van der Waals surface area contributed by atoms with Gasteiger partial charge in [-0.05, 0) is 74.4 Å². The van der Waals surface area contributed by atoms with Crippen LogP contribution in [0.3, 0.4) is 0 Å². The summed E-state index contributed by atoms with van der Waals surface area (Å²) in [5, 5.41) is 15.0. The zero-order chi connectivity index (χ0) is 38.3. The van der Waals surface area contributed by atoms with Gasteiger partial charge in [-0.1, -0.05) is 36.4 Å². The average molecular weight is 728 g/mol. The highest BCUT2D eigenvalue weighted by Gasteiger charge is 2.31. The summed E-state index contributed by atoms with van der Waals surface area (Å²) in [7, 11) is 1.00. The Morgan fingerprint density at radius 2 is 1.50 bits per heavy atom. The number of benzene rings is 3. The van der Waals surface area contributed by atoms with Crippen molar-refractivity contribution in [2.45, 2.75) is 38.6 Å². The molecule has 4 amide bonds. The highest BCUT2D eigenvalue weighted by Crippen LogP contribution is 2.30. The molecule has 1 aliphatic heterocycles. The molecule has 1 heterocycles. The molecule has 1 fully saturated rings. The number of nitrogens with zero attached hydrogens (tertiary/aromatic N) is 2. The molecular weight excluding hydrogens is 683 g/mol. The lowest BCUT2D eigenvalue weighted by Gasteiger charge is -2.32. The summed E-state index contributed by atoms with van der Waals surface area (Å²) in [6.07, 6.45) is -1.77. The first-order chi connectivity index (χ1) is 24.7. The lowest BCUT2D eigenvalue weighted by molar-refractivity contribution is -0.137. The molecule has 0 aliphatic carbocycles. The molecule has 0 spiro atoms. The maximum Gasteiger partial charge on any atom is 0.416 e. The maximum absolute atomic E-state index is 13.6. The SMILES string of the molecule is CC(C)(C)OC(=O)Nc1ccccc1NC(=O)/C=C/c1ccc(C(C(=O)Nc2ccc(C(F)(F)F)cc2)N(C=O)CCN2CCOCC2)cc1.CO. The molecule has 3 aromatic rings. The third kappa shape index (κ3) is 13.1. The van der Waals surface area contributed by atoms with Gasteiger partial charge >= 0.3 is 12.3 Å². The van der Waals surface area contributed by atoms with Gasteiger partial charge in [0.1, 0.15) is 11.6 Å². The minimum absolute atomic E-state index is 0.139. The van der Waals surface area contributed by atoms with Gasteiger partial charge in [0.05, 0.1) is 30.2 Å². The van der Waals surface area contributed by atoms with Crippen LogP contribution in [0.5, 0.6) is 0 Å². The summed E-state index contributed by atoms with van der Waals surface area (Å²) in [5.74, 6) is -1.09. The van der Waals surface area contributed by atoms with Crippen LogP contribution in [0.4, 0.5) is 35.0 Å². The summed E-state index contributed by atoms with van der Waals surface area (Å²) in [5.41, 5.74) is 0.346. The molecule has 3 aromatic carbocycles. The highest BCUT2D eigenvalue weighted by atomic mass is 19.4. The molecule has 4 N–H and O–H groups in total. The molecule has 1 atom stereocenters. The molecule has 0 saturated carbocycles. The van der Waals surface area contributed by atoms with Crippen molar-refractivity contribution < 1.29 is 46.9 Å². The summed E-state index contributed by atoms with van der Waals surface area (Å²) < 4.78 is 49.9. The second-order valence-corrected chi connectivity index (χ2v) is 12.4. The monoisotopic (exact) mass is 727 g/mol. The molecule has 0 aromatic heterocycles. The summed E-state index contributed by atoms with van der Waals surface area (Å²) in [6.45, 7) is 8.37. The molecule has 280 valence electrons. The number of rotatable bonds is 12. The van der Waals surface area contributed by atoms with Crippen LogP contribution in [-0.2, 0) is 30.0 Å². The van der Waals surface area contributed by atoms with Crippen molar-refractivity contribution in [1.29, 1.82) is 0 Å². The third-order valence-corrected chi connectivity index (χ3v) is 7.47. The van der Waals surface area contributed by atoms with Crippen molar-refractivity contribution in [2.75, 3.05) is 62.5 Å². The van der Waals surface area contributed by atoms with Crippen LogP contribution in [0, 0.1) is 0 Å². The summed E-state index contributed by atoms with van der Waals surface area (Å²) in [6, 6.07) is 16.2. The van der Waals surface area contributed by atoms with Gasteiger partial charge < -0.3 is 30.1 Å². The fraction of sp³-hybridized carbons (Fsp3) is 0.351. The maximum atomic E-state index is 13.6. The van der Waals surface area contributed by atoms with Crippen LogP contribution in [0.1, 0.15) is 43.5 Å². The van der Waals surface area contributed by atoms with Crippen LogP contribution in [0.15, 0.2) is 78.9 Å². The molecule has 1 aliphatic rings. The van der Waals surface area contributed by atoms with E-state index in [4.69, 9.17) is 14.6 Å². The van der Waals surface area contributed by atoms with Crippen molar-refractivity contribution in [3.63, 3.8) is 0 Å². The summed E-state index contributed by atoms with van der Waals surface area (Å²) in [4.78, 5) is 54.4. The first-order valence-electron chi connectivity index (χ1n) is 16.3. The number of ether oxygens (including phenoxy) is 2. The van der Waals surface area contributed by atoms with E-state index in [1.54, 1.807) is 75.4 Å². The smallest absolute Gasteiger partial charge is 0.416 e. The Balaban J connectivity index is 0.00000358. The van der Waals surface area contributed by atoms with Gasteiger partial charge in [-0.2, -0.15) is 13.2 Å². The zero-order valence-electron chi connectivity index (χ0n) is 29.4. The fourth-order valence-electron chi connectivity index (χ4n) is 5.02. The number of aliphatic hydroxyl groups excluding tert-OH is 1. The number of morpholine rings is 1. The van der Waals surface area contributed by atoms with Gasteiger partial charge in [-0.15, -0.1) is 0 Å². The Morgan fingerprint density at radius 3 is 2.06 bits per heavy atom. The molecule has 52 heavy (non-hydrogen) atoms. The minimum Gasteiger partial charge on any atom is -0.444 e. The molecular formula is C37H44F3N5O7. The van der Waals surface area contributed by atoms with Gasteiger partial charge in [0.2, 0.25) is 12.3 Å². The summed E-state index contributed by atoms with van der Waals surface area (Å²) >= 11 is 0. The van der Waals surface area contributed by atoms with E-state index in [0.717, 1.165) is 31.4 Å². The number of para-hydroxylation sites is 2. The largest absolute Gasteiger partial charge is 0.444 e. The second kappa shape index (κ2) is 19.4. The van der Waals surface area contributed by atoms with E-state index in [0.29, 0.717) is 61.8 Å².